The number of nitrogens with zero attached hydrogens (tertiary/aromatic N) is 2. The molecule has 0 saturated carbocycles. The van der Waals surface area contributed by atoms with Gasteiger partial charge in [0.05, 0.1) is 6.10 Å². The summed E-state index contributed by atoms with van der Waals surface area (Å²) >= 11 is 0. The van der Waals surface area contributed by atoms with Crippen LogP contribution < -0.4 is 9.47 Å². The lowest BCUT2D eigenvalue weighted by Gasteiger charge is -2.33. The van der Waals surface area contributed by atoms with Crippen LogP contribution in [-0.2, 0) is 16.1 Å². The summed E-state index contributed by atoms with van der Waals surface area (Å²) in [7, 11) is 0. The number of hydrogen-bond donors (Lipinski definition) is 0. The van der Waals surface area contributed by atoms with Gasteiger partial charge in [0, 0.05) is 19.6 Å². The minimum atomic E-state index is -0.488. The number of rotatable bonds is 10. The molecule has 1 unspecified atom stereocenters. The van der Waals surface area contributed by atoms with E-state index in [-0.39, 0.29) is 24.5 Å². The maximum Gasteiger partial charge on any atom is 0.261 e. The molecule has 2 aromatic carbocycles. The highest BCUT2D eigenvalue weighted by Crippen LogP contribution is 2.23. The van der Waals surface area contributed by atoms with Crippen molar-refractivity contribution in [1.82, 2.24) is 9.80 Å². The van der Waals surface area contributed by atoms with Gasteiger partial charge in [-0.15, -0.1) is 0 Å². The van der Waals surface area contributed by atoms with Crippen molar-refractivity contribution >= 4 is 11.8 Å². The van der Waals surface area contributed by atoms with Gasteiger partial charge >= 0.3 is 0 Å². The van der Waals surface area contributed by atoms with Crippen LogP contribution in [0.25, 0.3) is 0 Å². The zero-order valence-electron chi connectivity index (χ0n) is 20.0. The Morgan fingerprint density at radius 2 is 1.85 bits per heavy atom. The predicted octanol–water partition coefficient (Wildman–Crippen LogP) is 4.67. The third-order valence-corrected chi connectivity index (χ3v) is 6.10. The molecule has 1 aliphatic rings. The summed E-state index contributed by atoms with van der Waals surface area (Å²) in [6.07, 6.45) is 3.55. The summed E-state index contributed by atoms with van der Waals surface area (Å²) in [4.78, 5) is 30.2. The molecule has 1 saturated heterocycles. The first-order chi connectivity index (χ1) is 16.0. The van der Waals surface area contributed by atoms with Crippen molar-refractivity contribution in [3.05, 3.63) is 60.2 Å². The van der Waals surface area contributed by atoms with Gasteiger partial charge in [-0.25, -0.2) is 0 Å². The highest BCUT2D eigenvalue weighted by Gasteiger charge is 2.34. The minimum absolute atomic E-state index is 0.0232. The van der Waals surface area contributed by atoms with E-state index in [9.17, 15) is 9.59 Å². The van der Waals surface area contributed by atoms with Gasteiger partial charge in [-0.05, 0) is 69.4 Å². The van der Waals surface area contributed by atoms with Crippen LogP contribution in [0.1, 0.15) is 52.0 Å². The quantitative estimate of drug-likeness (QED) is 0.526. The molecular weight excluding hydrogens is 416 g/mol. The van der Waals surface area contributed by atoms with Gasteiger partial charge in [0.25, 0.3) is 5.91 Å². The molecule has 0 N–H and O–H groups in total. The molecule has 6 heteroatoms. The molecule has 178 valence electrons. The molecule has 2 atom stereocenters. The number of benzene rings is 2. The molecule has 1 fully saturated rings. The number of carbonyl (C=O) groups is 2. The monoisotopic (exact) mass is 452 g/mol. The van der Waals surface area contributed by atoms with E-state index in [1.807, 2.05) is 73.3 Å². The SMILES string of the molecule is CCC(C)Oc1cccc(CN(C(=O)COc2ccccc2)[C@H]2CCCCN(CC)C2=O)c1. The van der Waals surface area contributed by atoms with Crippen LogP contribution in [0, 0.1) is 0 Å². The maximum atomic E-state index is 13.4. The van der Waals surface area contributed by atoms with E-state index >= 15 is 0 Å². The molecule has 0 bridgehead atoms. The van der Waals surface area contributed by atoms with Crippen LogP contribution in [-0.4, -0.2) is 53.5 Å². The molecule has 2 aromatic rings. The molecule has 33 heavy (non-hydrogen) atoms. The summed E-state index contributed by atoms with van der Waals surface area (Å²) in [5.41, 5.74) is 0.934. The first kappa shape index (κ1) is 24.6. The largest absolute Gasteiger partial charge is 0.491 e. The fourth-order valence-corrected chi connectivity index (χ4v) is 4.03. The van der Waals surface area contributed by atoms with Crippen molar-refractivity contribution in [3.63, 3.8) is 0 Å². The number of likely N-dealkylation sites (N-methyl/N-ethyl adjacent to an activating group) is 1. The van der Waals surface area contributed by atoms with Crippen LogP contribution >= 0.6 is 0 Å². The number of ether oxygens (including phenoxy) is 2. The number of carbonyl (C=O) groups excluding carboxylic acids is 2. The average molecular weight is 453 g/mol. The zero-order chi connectivity index (χ0) is 23.6. The molecule has 1 aliphatic heterocycles. The van der Waals surface area contributed by atoms with Crippen LogP contribution in [0.3, 0.4) is 0 Å². The number of likely N-dealkylation sites (tertiary alicyclic amines) is 1. The number of para-hydroxylation sites is 1. The lowest BCUT2D eigenvalue weighted by molar-refractivity contribution is -0.147. The lowest BCUT2D eigenvalue weighted by Crippen LogP contribution is -2.50. The van der Waals surface area contributed by atoms with Crippen molar-refractivity contribution in [1.29, 1.82) is 0 Å². The molecule has 6 nitrogen and oxygen atoms in total. The summed E-state index contributed by atoms with van der Waals surface area (Å²) in [5, 5.41) is 0. The van der Waals surface area contributed by atoms with Gasteiger partial charge in [0.2, 0.25) is 5.91 Å². The Kier molecular flexibility index (Phi) is 9.16. The van der Waals surface area contributed by atoms with Crippen LogP contribution in [0.2, 0.25) is 0 Å². The summed E-state index contributed by atoms with van der Waals surface area (Å²) in [6, 6.07) is 16.6. The van der Waals surface area contributed by atoms with E-state index in [1.165, 1.54) is 0 Å². The number of hydrogen-bond acceptors (Lipinski definition) is 4. The Balaban J connectivity index is 1.82. The number of amides is 2. The van der Waals surface area contributed by atoms with E-state index in [1.54, 1.807) is 4.90 Å². The zero-order valence-corrected chi connectivity index (χ0v) is 20.0. The summed E-state index contributed by atoms with van der Waals surface area (Å²) in [6.45, 7) is 7.72. The van der Waals surface area contributed by atoms with Gasteiger partial charge in [-0.2, -0.15) is 0 Å². The third-order valence-electron chi connectivity index (χ3n) is 6.10. The van der Waals surface area contributed by atoms with Crippen LogP contribution in [0.15, 0.2) is 54.6 Å². The van der Waals surface area contributed by atoms with Gasteiger partial charge in [0.15, 0.2) is 6.61 Å². The Labute approximate surface area is 197 Å². The molecule has 3 rings (SSSR count). The summed E-state index contributed by atoms with van der Waals surface area (Å²) in [5.74, 6) is 1.24. The van der Waals surface area contributed by atoms with Crippen LogP contribution in [0.5, 0.6) is 11.5 Å². The first-order valence-corrected chi connectivity index (χ1v) is 12.0. The second kappa shape index (κ2) is 12.3. The molecule has 2 amide bonds. The van der Waals surface area contributed by atoms with E-state index in [0.717, 1.165) is 37.1 Å². The fraction of sp³-hybridized carbons (Fsp3) is 0.481. The average Bonchev–Trinajstić information content (AvgIpc) is 3.02. The minimum Gasteiger partial charge on any atom is -0.491 e. The molecule has 0 aromatic heterocycles. The van der Waals surface area contributed by atoms with E-state index in [2.05, 4.69) is 6.92 Å². The Bertz CT molecular complexity index is 902. The van der Waals surface area contributed by atoms with Crippen molar-refractivity contribution < 1.29 is 19.1 Å². The standard InChI is InChI=1S/C27H36N2O4/c1-4-21(3)33-24-15-11-12-22(18-24)19-29(25-16-9-10-17-28(5-2)27(25)31)26(30)20-32-23-13-7-6-8-14-23/h6-8,11-15,18,21,25H,4-5,9-10,16-17,19-20H2,1-3H3/t21?,25-/m0/s1. The van der Waals surface area contributed by atoms with Gasteiger partial charge < -0.3 is 19.3 Å². The Morgan fingerprint density at radius 3 is 2.58 bits per heavy atom. The highest BCUT2D eigenvalue weighted by atomic mass is 16.5. The topological polar surface area (TPSA) is 59.1 Å². The maximum absolute atomic E-state index is 13.4. The first-order valence-electron chi connectivity index (χ1n) is 12.0. The Hall–Kier alpha value is -3.02. The molecular formula is C27H36N2O4. The summed E-state index contributed by atoms with van der Waals surface area (Å²) < 4.78 is 11.7. The van der Waals surface area contributed by atoms with Gasteiger partial charge in [-0.3, -0.25) is 9.59 Å². The predicted molar refractivity (Wildman–Crippen MR) is 129 cm³/mol. The van der Waals surface area contributed by atoms with E-state index in [0.29, 0.717) is 25.3 Å². The normalized spacial score (nSPS) is 17.2. The van der Waals surface area contributed by atoms with E-state index in [4.69, 9.17) is 9.47 Å². The molecule has 1 heterocycles. The third kappa shape index (κ3) is 6.98. The molecule has 0 spiro atoms. The lowest BCUT2D eigenvalue weighted by atomic mass is 10.1. The van der Waals surface area contributed by atoms with Crippen LogP contribution in [0.4, 0.5) is 0 Å². The fourth-order valence-electron chi connectivity index (χ4n) is 4.03. The molecule has 0 aliphatic carbocycles. The van der Waals surface area contributed by atoms with E-state index < -0.39 is 6.04 Å². The highest BCUT2D eigenvalue weighted by molar-refractivity contribution is 5.88. The second-order valence-corrected chi connectivity index (χ2v) is 8.54. The van der Waals surface area contributed by atoms with Crippen molar-refractivity contribution in [2.45, 2.75) is 65.1 Å². The second-order valence-electron chi connectivity index (χ2n) is 8.54. The Morgan fingerprint density at radius 1 is 1.09 bits per heavy atom. The smallest absolute Gasteiger partial charge is 0.261 e. The van der Waals surface area contributed by atoms with Crippen molar-refractivity contribution in [2.75, 3.05) is 19.7 Å². The van der Waals surface area contributed by atoms with Crippen molar-refractivity contribution in [3.8, 4) is 11.5 Å². The van der Waals surface area contributed by atoms with Gasteiger partial charge in [-0.1, -0.05) is 37.3 Å². The van der Waals surface area contributed by atoms with Crippen molar-refractivity contribution in [2.24, 2.45) is 0 Å². The molecule has 0 radical (unpaired) electrons. The van der Waals surface area contributed by atoms with Gasteiger partial charge in [0.1, 0.15) is 17.5 Å².